The molecule has 1 aliphatic heterocycles. The molecular weight excluding hydrogens is 215 g/mol. The predicted octanol–water partition coefficient (Wildman–Crippen LogP) is 2.65. The summed E-state index contributed by atoms with van der Waals surface area (Å²) in [6.45, 7) is 0. The van der Waals surface area contributed by atoms with Crippen LogP contribution in [0.2, 0.25) is 0 Å². The van der Waals surface area contributed by atoms with Gasteiger partial charge in [-0.15, -0.1) is 23.2 Å². The van der Waals surface area contributed by atoms with Gasteiger partial charge in [-0.05, 0) is 11.6 Å². The zero-order chi connectivity index (χ0) is 9.64. The Morgan fingerprint density at radius 1 is 1.42 bits per heavy atom. The van der Waals surface area contributed by atoms with Gasteiger partial charge >= 0.3 is 0 Å². The van der Waals surface area contributed by atoms with Gasteiger partial charge in [0.05, 0.1) is 17.5 Å². The summed E-state index contributed by atoms with van der Waals surface area (Å²) in [7, 11) is -1.54. The average Bonchev–Trinajstić information content (AvgIpc) is 2.30. The lowest BCUT2D eigenvalue weighted by Gasteiger charge is -2.01. The lowest BCUT2D eigenvalue weighted by Crippen LogP contribution is -2.02. The standard InChI is InChI=1S/C8H6Cl2OS/c9-7-5-3-1-2-4-6(5)12(11)8(7)10/h1-4,7-8H/t7-,8-,12+/m1/s1/i8D. The number of benzene rings is 1. The summed E-state index contributed by atoms with van der Waals surface area (Å²) in [6, 6.07) is 7.01. The molecule has 12 heavy (non-hydrogen) atoms. The van der Waals surface area contributed by atoms with E-state index >= 15 is 0 Å². The van der Waals surface area contributed by atoms with Crippen molar-refractivity contribution in [3.8, 4) is 0 Å². The number of halogens is 2. The normalized spacial score (nSPS) is 40.7. The van der Waals surface area contributed by atoms with E-state index in [-0.39, 0.29) is 0 Å². The molecule has 0 fully saturated rings. The topological polar surface area (TPSA) is 17.1 Å². The van der Waals surface area contributed by atoms with Crippen LogP contribution in [-0.4, -0.2) is 8.89 Å². The van der Waals surface area contributed by atoms with Gasteiger partial charge in [0.15, 0.2) is 0 Å². The van der Waals surface area contributed by atoms with Gasteiger partial charge in [0.2, 0.25) is 0 Å². The molecule has 1 nitrogen and oxygen atoms in total. The zero-order valence-corrected chi connectivity index (χ0v) is 8.29. The molecule has 0 saturated heterocycles. The molecule has 64 valence electrons. The summed E-state index contributed by atoms with van der Waals surface area (Å²) in [6.07, 6.45) is 0. The van der Waals surface area contributed by atoms with E-state index in [0.717, 1.165) is 0 Å². The van der Waals surface area contributed by atoms with Crippen molar-refractivity contribution < 1.29 is 5.58 Å². The van der Waals surface area contributed by atoms with Gasteiger partial charge in [-0.3, -0.25) is 4.21 Å². The van der Waals surface area contributed by atoms with Gasteiger partial charge < -0.3 is 0 Å². The Hall–Kier alpha value is -0.0500. The molecule has 0 N–H and O–H groups in total. The van der Waals surface area contributed by atoms with Gasteiger partial charge in [0.25, 0.3) is 0 Å². The highest BCUT2D eigenvalue weighted by atomic mass is 35.5. The maximum Gasteiger partial charge on any atom is 0.134 e. The fourth-order valence-electron chi connectivity index (χ4n) is 1.18. The second-order valence-electron chi connectivity index (χ2n) is 2.47. The van der Waals surface area contributed by atoms with Crippen LogP contribution in [0, 0.1) is 0 Å². The summed E-state index contributed by atoms with van der Waals surface area (Å²) in [5.74, 6) is 0. The van der Waals surface area contributed by atoms with Crippen molar-refractivity contribution >= 4 is 34.0 Å². The largest absolute Gasteiger partial charge is 0.253 e. The minimum Gasteiger partial charge on any atom is -0.253 e. The number of rotatable bonds is 0. The first-order valence-corrected chi connectivity index (χ1v) is 5.35. The Labute approximate surface area is 84.5 Å². The Morgan fingerprint density at radius 3 is 2.75 bits per heavy atom. The molecule has 0 aliphatic carbocycles. The Kier molecular flexibility index (Phi) is 1.85. The van der Waals surface area contributed by atoms with E-state index in [0.29, 0.717) is 10.5 Å². The maximum atomic E-state index is 11.6. The molecule has 1 aliphatic rings. The minimum absolute atomic E-state index is 0.576. The van der Waals surface area contributed by atoms with E-state index in [2.05, 4.69) is 0 Å². The van der Waals surface area contributed by atoms with Gasteiger partial charge in [-0.2, -0.15) is 0 Å². The molecule has 1 aromatic rings. The minimum atomic E-state index is -1.62. The highest BCUT2D eigenvalue weighted by molar-refractivity contribution is 7.87. The molecule has 0 radical (unpaired) electrons. The molecule has 1 heterocycles. The molecule has 0 spiro atoms. The molecule has 0 amide bonds. The van der Waals surface area contributed by atoms with Crippen molar-refractivity contribution in [3.63, 3.8) is 0 Å². The summed E-state index contributed by atoms with van der Waals surface area (Å²) in [5.41, 5.74) is 0.701. The maximum absolute atomic E-state index is 11.6. The first-order valence-electron chi connectivity index (χ1n) is 3.89. The van der Waals surface area contributed by atoms with Crippen LogP contribution in [0.3, 0.4) is 0 Å². The van der Waals surface area contributed by atoms with Crippen LogP contribution >= 0.6 is 23.2 Å². The van der Waals surface area contributed by atoms with Crippen molar-refractivity contribution in [3.05, 3.63) is 29.8 Å². The average molecular weight is 222 g/mol. The van der Waals surface area contributed by atoms with Crippen LogP contribution in [0.1, 0.15) is 12.3 Å². The summed E-state index contributed by atoms with van der Waals surface area (Å²) in [5, 5.41) is -0.703. The molecule has 0 aromatic heterocycles. The van der Waals surface area contributed by atoms with Gasteiger partial charge in [-0.25, -0.2) is 0 Å². The fraction of sp³-hybridized carbons (Fsp3) is 0.250. The van der Waals surface area contributed by atoms with Gasteiger partial charge in [-0.1, -0.05) is 18.2 Å². The van der Waals surface area contributed by atoms with Crippen LogP contribution < -0.4 is 0 Å². The monoisotopic (exact) mass is 221 g/mol. The van der Waals surface area contributed by atoms with Crippen LogP contribution in [0.4, 0.5) is 0 Å². The summed E-state index contributed by atoms with van der Waals surface area (Å²) >= 11 is 11.7. The van der Waals surface area contributed by atoms with Crippen molar-refractivity contribution in [1.29, 1.82) is 0 Å². The third-order valence-corrected chi connectivity index (χ3v) is 4.46. The SMILES string of the molecule is [2H][C@]1(Cl)[C@H](Cl)c2ccccc2[S@@]1=O. The number of alkyl halides is 2. The highest BCUT2D eigenvalue weighted by Crippen LogP contribution is 2.42. The molecule has 0 unspecified atom stereocenters. The van der Waals surface area contributed by atoms with Crippen LogP contribution in [0.15, 0.2) is 29.2 Å². The predicted molar refractivity (Wildman–Crippen MR) is 51.1 cm³/mol. The second kappa shape index (κ2) is 3.02. The van der Waals surface area contributed by atoms with E-state index in [1.807, 2.05) is 0 Å². The van der Waals surface area contributed by atoms with E-state index in [1.165, 1.54) is 0 Å². The van der Waals surface area contributed by atoms with E-state index in [9.17, 15) is 4.21 Å². The van der Waals surface area contributed by atoms with Crippen LogP contribution in [0.5, 0.6) is 0 Å². The van der Waals surface area contributed by atoms with Crippen LogP contribution in [-0.2, 0) is 10.8 Å². The summed E-state index contributed by atoms with van der Waals surface area (Å²) < 4.78 is 17.6. The lowest BCUT2D eigenvalue weighted by molar-refractivity contribution is 0.683. The van der Waals surface area contributed by atoms with Gasteiger partial charge in [0.1, 0.15) is 4.69 Å². The van der Waals surface area contributed by atoms with E-state index < -0.39 is 20.9 Å². The third-order valence-electron chi connectivity index (χ3n) is 1.77. The number of hydrogen-bond acceptors (Lipinski definition) is 1. The third kappa shape index (κ3) is 1.10. The first-order chi connectivity index (χ1) is 6.05. The van der Waals surface area contributed by atoms with Gasteiger partial charge in [0, 0.05) is 4.90 Å². The van der Waals surface area contributed by atoms with Crippen molar-refractivity contribution in [2.24, 2.45) is 0 Å². The van der Waals surface area contributed by atoms with E-state index in [4.69, 9.17) is 24.6 Å². The zero-order valence-electron chi connectivity index (χ0n) is 6.96. The number of fused-ring (bicyclic) bond motifs is 1. The fourth-order valence-corrected chi connectivity index (χ4v) is 3.17. The Morgan fingerprint density at radius 2 is 2.08 bits per heavy atom. The molecule has 1 aromatic carbocycles. The van der Waals surface area contributed by atoms with Crippen molar-refractivity contribution in [1.82, 2.24) is 0 Å². The number of hydrogen-bond donors (Lipinski definition) is 0. The molecule has 4 heteroatoms. The molecule has 0 bridgehead atoms. The first kappa shape index (κ1) is 7.36. The smallest absolute Gasteiger partial charge is 0.134 e. The Bertz CT molecular complexity index is 380. The highest BCUT2D eigenvalue weighted by Gasteiger charge is 2.35. The molecule has 3 atom stereocenters. The van der Waals surface area contributed by atoms with Crippen LogP contribution in [0.25, 0.3) is 0 Å². The lowest BCUT2D eigenvalue weighted by atomic mass is 10.2. The van der Waals surface area contributed by atoms with E-state index in [1.54, 1.807) is 24.3 Å². The summed E-state index contributed by atoms with van der Waals surface area (Å²) in [4.78, 5) is 0.576. The second-order valence-corrected chi connectivity index (χ2v) is 4.96. The van der Waals surface area contributed by atoms with Crippen molar-refractivity contribution in [2.45, 2.75) is 15.0 Å². The Balaban J connectivity index is 2.64. The molecule has 0 saturated carbocycles. The molecule has 2 rings (SSSR count). The molecular formula is C8H6Cl2OS. The van der Waals surface area contributed by atoms with Crippen molar-refractivity contribution in [2.75, 3.05) is 0 Å². The quantitative estimate of drug-likeness (QED) is 0.616.